The summed E-state index contributed by atoms with van der Waals surface area (Å²) in [5.74, 6) is 1.82. The average molecular weight is 445 g/mol. The van der Waals surface area contributed by atoms with E-state index in [1.807, 2.05) is 30.3 Å². The number of fused-ring (bicyclic) bond motifs is 3. The third-order valence-electron chi connectivity index (χ3n) is 5.20. The first-order valence-corrected chi connectivity index (χ1v) is 12.9. The molecule has 0 bridgehead atoms. The molecule has 0 saturated carbocycles. The van der Waals surface area contributed by atoms with Gasteiger partial charge in [0.1, 0.15) is 4.83 Å². The predicted octanol–water partition coefficient (Wildman–Crippen LogP) is 4.67. The Labute approximate surface area is 181 Å². The highest BCUT2D eigenvalue weighted by molar-refractivity contribution is 8.00. The Balaban J connectivity index is 1.61. The summed E-state index contributed by atoms with van der Waals surface area (Å²) in [7, 11) is -1.05. The van der Waals surface area contributed by atoms with Crippen LogP contribution in [-0.4, -0.2) is 25.3 Å². The van der Waals surface area contributed by atoms with Crippen molar-refractivity contribution in [1.29, 1.82) is 0 Å². The van der Waals surface area contributed by atoms with Crippen LogP contribution in [0.1, 0.15) is 23.8 Å². The molecule has 0 saturated heterocycles. The minimum atomic E-state index is -1.05. The molecule has 1 aliphatic carbocycles. The van der Waals surface area contributed by atoms with E-state index in [0.717, 1.165) is 34.4 Å². The summed E-state index contributed by atoms with van der Waals surface area (Å²) < 4.78 is 14.2. The third-order valence-corrected chi connectivity index (χ3v) is 8.96. The number of aryl methyl sites for hydroxylation is 1. The van der Waals surface area contributed by atoms with Gasteiger partial charge in [-0.25, -0.2) is 4.98 Å². The van der Waals surface area contributed by atoms with Gasteiger partial charge in [-0.1, -0.05) is 43.0 Å². The SMILES string of the molecule is C=CCn1c(SCC[S@](=O)c2ccccc2)nc2sc3c(c2c1=O)CC[C@@H](C)C3. The summed E-state index contributed by atoms with van der Waals surface area (Å²) in [6, 6.07) is 9.49. The maximum atomic E-state index is 13.3. The molecule has 1 aromatic carbocycles. The van der Waals surface area contributed by atoms with Gasteiger partial charge in [-0.3, -0.25) is 13.6 Å². The van der Waals surface area contributed by atoms with E-state index in [4.69, 9.17) is 4.98 Å². The van der Waals surface area contributed by atoms with Crippen molar-refractivity contribution in [2.45, 2.75) is 42.8 Å². The van der Waals surface area contributed by atoms with Crippen LogP contribution in [0, 0.1) is 5.92 Å². The van der Waals surface area contributed by atoms with E-state index < -0.39 is 10.8 Å². The average Bonchev–Trinajstić information content (AvgIpc) is 3.08. The normalized spacial score (nSPS) is 17.2. The highest BCUT2D eigenvalue weighted by atomic mass is 32.2. The number of aromatic nitrogens is 2. The Kier molecular flexibility index (Phi) is 6.37. The lowest BCUT2D eigenvalue weighted by atomic mass is 9.89. The lowest BCUT2D eigenvalue weighted by molar-refractivity contribution is 0.509. The minimum Gasteiger partial charge on any atom is -0.283 e. The van der Waals surface area contributed by atoms with E-state index >= 15 is 0 Å². The van der Waals surface area contributed by atoms with Crippen molar-refractivity contribution in [2.24, 2.45) is 5.92 Å². The molecule has 29 heavy (non-hydrogen) atoms. The van der Waals surface area contributed by atoms with E-state index in [0.29, 0.717) is 29.1 Å². The molecule has 0 fully saturated rings. The molecule has 4 nitrogen and oxygen atoms in total. The summed E-state index contributed by atoms with van der Waals surface area (Å²) in [5.41, 5.74) is 1.24. The van der Waals surface area contributed by atoms with Crippen molar-refractivity contribution in [1.82, 2.24) is 9.55 Å². The van der Waals surface area contributed by atoms with Crippen LogP contribution in [0.5, 0.6) is 0 Å². The summed E-state index contributed by atoms with van der Waals surface area (Å²) in [6.07, 6.45) is 4.86. The second-order valence-electron chi connectivity index (χ2n) is 7.34. The number of benzene rings is 1. The fourth-order valence-electron chi connectivity index (χ4n) is 3.70. The number of rotatable bonds is 7. The maximum absolute atomic E-state index is 13.3. The standard InChI is InChI=1S/C22H24N2O2S3/c1-3-11-24-21(25)19-17-10-9-15(2)14-18(17)28-20(19)23-22(24)27-12-13-29(26)16-7-5-4-6-8-16/h3-8,15H,1,9-14H2,2H3/t15-,29+/m1/s1. The number of thiophene rings is 1. The zero-order valence-electron chi connectivity index (χ0n) is 16.4. The van der Waals surface area contributed by atoms with E-state index in [1.54, 1.807) is 22.0 Å². The summed E-state index contributed by atoms with van der Waals surface area (Å²) in [5, 5.41) is 1.50. The molecule has 0 aliphatic heterocycles. The summed E-state index contributed by atoms with van der Waals surface area (Å²) in [6.45, 7) is 6.51. The first-order valence-electron chi connectivity index (χ1n) is 9.80. The summed E-state index contributed by atoms with van der Waals surface area (Å²) >= 11 is 3.17. The van der Waals surface area contributed by atoms with Crippen molar-refractivity contribution < 1.29 is 4.21 Å². The van der Waals surface area contributed by atoms with Crippen LogP contribution in [0.15, 0.2) is 57.8 Å². The molecule has 0 N–H and O–H groups in total. The zero-order valence-corrected chi connectivity index (χ0v) is 18.9. The first kappa shape index (κ1) is 20.6. The van der Waals surface area contributed by atoms with Gasteiger partial charge in [0.15, 0.2) is 5.16 Å². The molecular formula is C22H24N2O2S3. The molecule has 2 atom stereocenters. The van der Waals surface area contributed by atoms with E-state index in [9.17, 15) is 9.00 Å². The van der Waals surface area contributed by atoms with Crippen LogP contribution in [0.25, 0.3) is 10.2 Å². The number of hydrogen-bond donors (Lipinski definition) is 0. The Morgan fingerprint density at radius 2 is 2.17 bits per heavy atom. The molecule has 2 aromatic heterocycles. The number of thioether (sulfide) groups is 1. The minimum absolute atomic E-state index is 0.0358. The van der Waals surface area contributed by atoms with Crippen molar-refractivity contribution in [3.8, 4) is 0 Å². The zero-order chi connectivity index (χ0) is 20.4. The van der Waals surface area contributed by atoms with Crippen molar-refractivity contribution >= 4 is 44.1 Å². The van der Waals surface area contributed by atoms with Gasteiger partial charge in [-0.2, -0.15) is 0 Å². The lowest BCUT2D eigenvalue weighted by Gasteiger charge is -2.17. The van der Waals surface area contributed by atoms with Crippen molar-refractivity contribution in [3.63, 3.8) is 0 Å². The maximum Gasteiger partial charge on any atom is 0.263 e. The van der Waals surface area contributed by atoms with Gasteiger partial charge in [0.2, 0.25) is 0 Å². The molecule has 0 amide bonds. The van der Waals surface area contributed by atoms with Gasteiger partial charge in [0.05, 0.1) is 16.2 Å². The topological polar surface area (TPSA) is 52.0 Å². The van der Waals surface area contributed by atoms with Crippen LogP contribution in [0.2, 0.25) is 0 Å². The van der Waals surface area contributed by atoms with Crippen LogP contribution in [-0.2, 0) is 30.2 Å². The highest BCUT2D eigenvalue weighted by Crippen LogP contribution is 2.36. The molecule has 4 rings (SSSR count). The van der Waals surface area contributed by atoms with Gasteiger partial charge in [0.25, 0.3) is 5.56 Å². The van der Waals surface area contributed by atoms with Crippen LogP contribution in [0.3, 0.4) is 0 Å². The first-order chi connectivity index (χ1) is 14.1. The monoisotopic (exact) mass is 444 g/mol. The van der Waals surface area contributed by atoms with Gasteiger partial charge in [-0.15, -0.1) is 17.9 Å². The van der Waals surface area contributed by atoms with E-state index in [1.165, 1.54) is 22.2 Å². The molecule has 152 valence electrons. The summed E-state index contributed by atoms with van der Waals surface area (Å²) in [4.78, 5) is 21.1. The van der Waals surface area contributed by atoms with Crippen LogP contribution >= 0.6 is 23.1 Å². The quantitative estimate of drug-likeness (QED) is 0.302. The number of hydrogen-bond acceptors (Lipinski definition) is 5. The Morgan fingerprint density at radius 1 is 1.38 bits per heavy atom. The molecule has 0 unspecified atom stereocenters. The highest BCUT2D eigenvalue weighted by Gasteiger charge is 2.24. The second-order valence-corrected chi connectivity index (χ2v) is 11.1. The molecule has 2 heterocycles. The lowest BCUT2D eigenvalue weighted by Crippen LogP contribution is -2.23. The fourth-order valence-corrected chi connectivity index (χ4v) is 7.42. The van der Waals surface area contributed by atoms with Gasteiger partial charge in [0, 0.05) is 27.8 Å². The Morgan fingerprint density at radius 3 is 2.93 bits per heavy atom. The molecule has 0 radical (unpaired) electrons. The predicted molar refractivity (Wildman–Crippen MR) is 124 cm³/mol. The van der Waals surface area contributed by atoms with Crippen LogP contribution in [0.4, 0.5) is 0 Å². The second kappa shape index (κ2) is 8.98. The molecular weight excluding hydrogens is 420 g/mol. The molecule has 1 aliphatic rings. The fraction of sp³-hybridized carbons (Fsp3) is 0.364. The third kappa shape index (κ3) is 4.27. The van der Waals surface area contributed by atoms with Gasteiger partial charge in [-0.05, 0) is 42.9 Å². The van der Waals surface area contributed by atoms with E-state index in [2.05, 4.69) is 13.5 Å². The van der Waals surface area contributed by atoms with E-state index in [-0.39, 0.29) is 5.56 Å². The smallest absolute Gasteiger partial charge is 0.263 e. The number of nitrogens with zero attached hydrogens (tertiary/aromatic N) is 2. The number of allylic oxidation sites excluding steroid dienone is 1. The van der Waals surface area contributed by atoms with Gasteiger partial charge < -0.3 is 0 Å². The molecule has 0 spiro atoms. The largest absolute Gasteiger partial charge is 0.283 e. The van der Waals surface area contributed by atoms with Crippen LogP contribution < -0.4 is 5.56 Å². The van der Waals surface area contributed by atoms with Gasteiger partial charge >= 0.3 is 0 Å². The molecule has 7 heteroatoms. The Hall–Kier alpha value is -1.70. The van der Waals surface area contributed by atoms with Crippen molar-refractivity contribution in [2.75, 3.05) is 11.5 Å². The Bertz CT molecular complexity index is 1120. The van der Waals surface area contributed by atoms with Crippen molar-refractivity contribution in [3.05, 3.63) is 63.8 Å². The molecule has 3 aromatic rings.